The van der Waals surface area contributed by atoms with Crippen molar-refractivity contribution in [3.63, 3.8) is 0 Å². The van der Waals surface area contributed by atoms with E-state index in [9.17, 15) is 0 Å². The zero-order valence-electron chi connectivity index (χ0n) is 4.29. The maximum absolute atomic E-state index is 7.75. The topological polar surface area (TPSA) is 76.2 Å². The van der Waals surface area contributed by atoms with E-state index >= 15 is 0 Å². The van der Waals surface area contributed by atoms with E-state index in [1.807, 2.05) is 0 Å². The second-order valence-electron chi connectivity index (χ2n) is 0.512. The molecular weight excluding hydrogens is 128 g/mol. The van der Waals surface area contributed by atoms with Crippen molar-refractivity contribution in [3.05, 3.63) is 0 Å². The summed E-state index contributed by atoms with van der Waals surface area (Å²) in [7, 11) is 0. The van der Waals surface area contributed by atoms with E-state index in [1.165, 1.54) is 0 Å². The van der Waals surface area contributed by atoms with Crippen LogP contribution in [0.3, 0.4) is 0 Å². The van der Waals surface area contributed by atoms with Gasteiger partial charge in [-0.15, -0.1) is 12.4 Å². The van der Waals surface area contributed by atoms with Crippen LogP contribution in [-0.4, -0.2) is 23.7 Å². The first-order valence-corrected chi connectivity index (χ1v) is 1.22. The molecule has 0 saturated carbocycles. The summed E-state index contributed by atoms with van der Waals surface area (Å²) in [6.07, 6.45) is 0. The third-order valence-electron chi connectivity index (χ3n) is 0.129. The average Bonchev–Trinajstić information content (AvgIpc) is 1.37. The van der Waals surface area contributed by atoms with Crippen LogP contribution >= 0.6 is 12.4 Å². The molecule has 0 spiro atoms. The van der Waals surface area contributed by atoms with Gasteiger partial charge < -0.3 is 16.3 Å². The van der Waals surface area contributed by atoms with Crippen LogP contribution < -0.4 is 35.3 Å². The number of aliphatic hydroxyl groups excluding tert-OH is 1. The Balaban J connectivity index is -0.0000000150. The Kier molecular flexibility index (Phi) is 93.7. The molecule has 0 unspecified atom stereocenters. The van der Waals surface area contributed by atoms with E-state index in [0.29, 0.717) is 6.54 Å². The molecule has 0 radical (unpaired) electrons. The third kappa shape index (κ3) is 40.7. The maximum Gasteiger partial charge on any atom is 1.00 e. The minimum Gasteiger partial charge on any atom is -0.870 e. The monoisotopic (exact) mass is 137 g/mol. The predicted molar refractivity (Wildman–Crippen MR) is 25.3 cm³/mol. The molecule has 42 valence electrons. The van der Waals surface area contributed by atoms with Crippen molar-refractivity contribution in [2.75, 3.05) is 13.2 Å². The van der Waals surface area contributed by atoms with E-state index in [-0.39, 0.29) is 54.0 Å². The molecule has 0 aliphatic heterocycles. The summed E-state index contributed by atoms with van der Waals surface area (Å²) in [4.78, 5) is 0. The molecule has 3 nitrogen and oxygen atoms in total. The SMILES string of the molecule is Cl.NCCO.[Na+].[OH-]. The van der Waals surface area contributed by atoms with Gasteiger partial charge in [0.1, 0.15) is 0 Å². The van der Waals surface area contributed by atoms with Crippen molar-refractivity contribution in [1.29, 1.82) is 0 Å². The van der Waals surface area contributed by atoms with Gasteiger partial charge in [-0.25, -0.2) is 0 Å². The Hall–Kier alpha value is 1.17. The molecule has 0 aromatic rings. The summed E-state index contributed by atoms with van der Waals surface area (Å²) in [5.74, 6) is 0. The van der Waals surface area contributed by atoms with Crippen LogP contribution in [0.4, 0.5) is 0 Å². The van der Waals surface area contributed by atoms with Gasteiger partial charge in [-0.3, -0.25) is 0 Å². The van der Waals surface area contributed by atoms with Crippen molar-refractivity contribution in [2.24, 2.45) is 5.73 Å². The van der Waals surface area contributed by atoms with Crippen LogP contribution in [0.15, 0.2) is 0 Å². The average molecular weight is 138 g/mol. The molecule has 0 atom stereocenters. The second kappa shape index (κ2) is 27.2. The van der Waals surface area contributed by atoms with Crippen LogP contribution in [0, 0.1) is 0 Å². The van der Waals surface area contributed by atoms with Crippen LogP contribution in [0.5, 0.6) is 0 Å². The largest absolute Gasteiger partial charge is 1.00 e. The molecule has 0 aromatic carbocycles. The van der Waals surface area contributed by atoms with Crippen molar-refractivity contribution in [3.8, 4) is 0 Å². The number of aliphatic hydroxyl groups is 1. The summed E-state index contributed by atoms with van der Waals surface area (Å²) >= 11 is 0. The fourth-order valence-electron chi connectivity index (χ4n) is 0. The molecule has 7 heavy (non-hydrogen) atoms. The molecule has 0 aliphatic carbocycles. The third-order valence-corrected chi connectivity index (χ3v) is 0.129. The Morgan fingerprint density at radius 2 is 1.57 bits per heavy atom. The summed E-state index contributed by atoms with van der Waals surface area (Å²) in [5.41, 5.74) is 4.78. The molecule has 0 amide bonds. The summed E-state index contributed by atoms with van der Waals surface area (Å²) in [6, 6.07) is 0. The number of hydrogen-bond donors (Lipinski definition) is 2. The molecule has 0 bridgehead atoms. The summed E-state index contributed by atoms with van der Waals surface area (Å²) < 4.78 is 0. The molecule has 4 N–H and O–H groups in total. The van der Waals surface area contributed by atoms with E-state index in [2.05, 4.69) is 0 Å². The normalized spacial score (nSPS) is 4.29. The van der Waals surface area contributed by atoms with Gasteiger partial charge in [-0.1, -0.05) is 0 Å². The number of hydrogen-bond acceptors (Lipinski definition) is 3. The van der Waals surface area contributed by atoms with Gasteiger partial charge in [-0.05, 0) is 0 Å². The van der Waals surface area contributed by atoms with Crippen molar-refractivity contribution in [2.45, 2.75) is 0 Å². The Morgan fingerprint density at radius 1 is 1.43 bits per heavy atom. The second-order valence-corrected chi connectivity index (χ2v) is 0.512. The molecule has 0 aromatic heterocycles. The van der Waals surface area contributed by atoms with Crippen LogP contribution in [0.2, 0.25) is 0 Å². The number of halogens is 1. The first-order chi connectivity index (χ1) is 1.91. The summed E-state index contributed by atoms with van der Waals surface area (Å²) in [5, 5.41) is 7.75. The summed E-state index contributed by atoms with van der Waals surface area (Å²) in [6.45, 7) is 0.472. The van der Waals surface area contributed by atoms with Crippen LogP contribution in [0.25, 0.3) is 0 Å². The van der Waals surface area contributed by atoms with Crippen molar-refractivity contribution in [1.82, 2.24) is 0 Å². The minimum atomic E-state index is 0. The number of nitrogens with two attached hydrogens (primary N) is 1. The quantitative estimate of drug-likeness (QED) is 0.364. The maximum atomic E-state index is 7.75. The van der Waals surface area contributed by atoms with E-state index in [0.717, 1.165) is 0 Å². The Bertz CT molecular complexity index is 17.7. The zero-order valence-corrected chi connectivity index (χ0v) is 7.11. The first kappa shape index (κ1) is 24.2. The number of rotatable bonds is 1. The van der Waals surface area contributed by atoms with Gasteiger partial charge in [-0.2, -0.15) is 0 Å². The van der Waals surface area contributed by atoms with E-state index < -0.39 is 0 Å². The molecule has 0 fully saturated rings. The van der Waals surface area contributed by atoms with Crippen LogP contribution in [0.1, 0.15) is 0 Å². The Morgan fingerprint density at radius 3 is 1.57 bits per heavy atom. The van der Waals surface area contributed by atoms with Gasteiger partial charge in [0.05, 0.1) is 6.61 Å². The molecule has 0 rings (SSSR count). The fourth-order valence-corrected chi connectivity index (χ4v) is 0. The fraction of sp³-hybridized carbons (Fsp3) is 1.00. The molecule has 0 aliphatic rings. The van der Waals surface area contributed by atoms with E-state index in [4.69, 9.17) is 10.8 Å². The van der Waals surface area contributed by atoms with Gasteiger partial charge in [0.15, 0.2) is 0 Å². The molecule has 5 heteroatoms. The van der Waals surface area contributed by atoms with Crippen molar-refractivity contribution < 1.29 is 40.1 Å². The molecule has 0 heterocycles. The standard InChI is InChI=1S/C2H7NO.ClH.Na.H2O/c3-1-2-4;;;/h4H,1-3H2;1H;;1H2/q;;+1;/p-1. The van der Waals surface area contributed by atoms with Crippen molar-refractivity contribution >= 4 is 12.4 Å². The smallest absolute Gasteiger partial charge is 0.870 e. The van der Waals surface area contributed by atoms with Gasteiger partial charge in [0, 0.05) is 6.54 Å². The Labute approximate surface area is 71.3 Å². The zero-order chi connectivity index (χ0) is 3.41. The minimum absolute atomic E-state index is 0. The van der Waals surface area contributed by atoms with Crippen LogP contribution in [-0.2, 0) is 0 Å². The molecule has 0 saturated heterocycles. The van der Waals surface area contributed by atoms with E-state index in [1.54, 1.807) is 0 Å². The predicted octanol–water partition coefficient (Wildman–Crippen LogP) is -3.81. The van der Waals surface area contributed by atoms with Gasteiger partial charge in [0.25, 0.3) is 0 Å². The van der Waals surface area contributed by atoms with Gasteiger partial charge in [0.2, 0.25) is 0 Å². The first-order valence-electron chi connectivity index (χ1n) is 1.22. The molecular formula is C2H9ClNNaO2. The van der Waals surface area contributed by atoms with Gasteiger partial charge >= 0.3 is 29.6 Å².